The molecular formula is C22H23N3O4S. The second kappa shape index (κ2) is 10.2. The summed E-state index contributed by atoms with van der Waals surface area (Å²) < 4.78 is 10.7. The second-order valence-corrected chi connectivity index (χ2v) is 7.10. The van der Waals surface area contributed by atoms with Gasteiger partial charge in [-0.3, -0.25) is 4.79 Å². The highest BCUT2D eigenvalue weighted by Crippen LogP contribution is 2.41. The maximum Gasteiger partial charge on any atom is 0.348 e. The number of benzene rings is 1. The van der Waals surface area contributed by atoms with Gasteiger partial charge in [-0.25, -0.2) is 9.79 Å². The van der Waals surface area contributed by atoms with Crippen LogP contribution in [0, 0.1) is 6.92 Å². The number of carbonyl (C=O) groups is 2. The Balaban J connectivity index is 2.51. The number of aliphatic imine (C=N–C) groups is 1. The van der Waals surface area contributed by atoms with E-state index in [0.29, 0.717) is 33.4 Å². The van der Waals surface area contributed by atoms with Crippen molar-refractivity contribution in [3.05, 3.63) is 71.9 Å². The third-order valence-electron chi connectivity index (χ3n) is 4.06. The fourth-order valence-corrected chi connectivity index (χ4v) is 3.47. The van der Waals surface area contributed by atoms with Gasteiger partial charge < -0.3 is 20.1 Å². The van der Waals surface area contributed by atoms with Gasteiger partial charge in [-0.15, -0.1) is 11.3 Å². The number of esters is 1. The number of aldehydes is 1. The summed E-state index contributed by atoms with van der Waals surface area (Å²) >= 11 is 1.08. The Labute approximate surface area is 179 Å². The number of rotatable bonds is 9. The van der Waals surface area contributed by atoms with E-state index in [1.54, 1.807) is 24.3 Å². The lowest BCUT2D eigenvalue weighted by atomic mass is 10.2. The third-order valence-corrected chi connectivity index (χ3v) is 5.06. The molecule has 0 atom stereocenters. The molecule has 0 aliphatic rings. The number of carbonyl (C=O) groups excluding carboxylic acids is 2. The van der Waals surface area contributed by atoms with Crippen LogP contribution in [0.1, 0.15) is 15.2 Å². The van der Waals surface area contributed by atoms with Gasteiger partial charge >= 0.3 is 5.97 Å². The van der Waals surface area contributed by atoms with Crippen LogP contribution < -0.4 is 15.4 Å². The summed E-state index contributed by atoms with van der Waals surface area (Å²) in [7, 11) is 3.10. The van der Waals surface area contributed by atoms with Gasteiger partial charge in [0.2, 0.25) is 0 Å². The van der Waals surface area contributed by atoms with Crippen LogP contribution in [0.4, 0.5) is 16.4 Å². The normalized spacial score (nSPS) is 11.6. The predicted octanol–water partition coefficient (Wildman–Crippen LogP) is 4.43. The van der Waals surface area contributed by atoms with E-state index in [2.05, 4.69) is 18.2 Å². The van der Waals surface area contributed by atoms with Gasteiger partial charge in [0, 0.05) is 18.8 Å². The average Bonchev–Trinajstić information content (AvgIpc) is 3.17. The van der Waals surface area contributed by atoms with Crippen LogP contribution in [0.5, 0.6) is 5.75 Å². The topological polar surface area (TPSA) is 94.2 Å². The first kappa shape index (κ1) is 22.6. The van der Waals surface area contributed by atoms with Gasteiger partial charge in [-0.1, -0.05) is 25.3 Å². The Morgan fingerprint density at radius 3 is 2.63 bits per heavy atom. The van der Waals surface area contributed by atoms with E-state index in [1.807, 2.05) is 37.1 Å². The zero-order chi connectivity index (χ0) is 22.3. The molecule has 2 aromatic rings. The van der Waals surface area contributed by atoms with Crippen molar-refractivity contribution in [2.24, 2.45) is 10.7 Å². The van der Waals surface area contributed by atoms with Crippen molar-refractivity contribution in [3.63, 3.8) is 0 Å². The highest BCUT2D eigenvalue weighted by atomic mass is 32.1. The first-order valence-electron chi connectivity index (χ1n) is 8.83. The standard InChI is InChI=1S/C22H23N3O4S/c1-6-8-16(7-2)29-18-11-15(10-9-14(18)3)25(4)17-12-19(22(27)28-5)30-21(17)24-20(23)13-26/h6-13H,1-2H2,3-5H3,(H2,23,24)/b16-8+. The summed E-state index contributed by atoms with van der Waals surface area (Å²) in [6, 6.07) is 7.30. The van der Waals surface area contributed by atoms with Crippen LogP contribution in [-0.4, -0.2) is 32.2 Å². The number of thiophene rings is 1. The second-order valence-electron chi connectivity index (χ2n) is 6.07. The predicted molar refractivity (Wildman–Crippen MR) is 121 cm³/mol. The van der Waals surface area contributed by atoms with Crippen molar-refractivity contribution < 1.29 is 19.1 Å². The molecule has 0 fully saturated rings. The van der Waals surface area contributed by atoms with Crippen molar-refractivity contribution in [1.29, 1.82) is 0 Å². The SMILES string of the molecule is C=C/C=C(\C=C)Oc1cc(N(C)c2cc(C(=O)OC)sc2/N=C(/N)C=O)ccc1C. The van der Waals surface area contributed by atoms with Crippen molar-refractivity contribution in [1.82, 2.24) is 0 Å². The van der Waals surface area contributed by atoms with Crippen LogP contribution in [0.2, 0.25) is 0 Å². The number of ether oxygens (including phenoxy) is 2. The maximum absolute atomic E-state index is 12.0. The van der Waals surface area contributed by atoms with E-state index in [1.165, 1.54) is 7.11 Å². The summed E-state index contributed by atoms with van der Waals surface area (Å²) in [4.78, 5) is 29.2. The van der Waals surface area contributed by atoms with E-state index in [9.17, 15) is 9.59 Å². The van der Waals surface area contributed by atoms with Crippen LogP contribution in [0.3, 0.4) is 0 Å². The zero-order valence-corrected chi connectivity index (χ0v) is 17.9. The fraction of sp³-hybridized carbons (Fsp3) is 0.136. The van der Waals surface area contributed by atoms with Crippen molar-refractivity contribution >= 4 is 45.8 Å². The minimum atomic E-state index is -0.501. The molecule has 2 rings (SSSR count). The lowest BCUT2D eigenvalue weighted by Gasteiger charge is -2.20. The van der Waals surface area contributed by atoms with Crippen LogP contribution in [0.15, 0.2) is 66.4 Å². The quantitative estimate of drug-likeness (QED) is 0.159. The molecule has 0 spiro atoms. The number of nitrogens with two attached hydrogens (primary N) is 1. The molecule has 0 amide bonds. The smallest absolute Gasteiger partial charge is 0.348 e. The van der Waals surface area contributed by atoms with Gasteiger partial charge in [0.25, 0.3) is 0 Å². The zero-order valence-electron chi connectivity index (χ0n) is 17.0. The highest BCUT2D eigenvalue weighted by molar-refractivity contribution is 7.18. The Morgan fingerprint density at radius 2 is 2.03 bits per heavy atom. The lowest BCUT2D eigenvalue weighted by molar-refractivity contribution is -0.102. The molecule has 8 heteroatoms. The van der Waals surface area contributed by atoms with E-state index in [-0.39, 0.29) is 5.84 Å². The summed E-state index contributed by atoms with van der Waals surface area (Å²) in [5, 5.41) is 0.406. The van der Waals surface area contributed by atoms with E-state index < -0.39 is 5.97 Å². The van der Waals surface area contributed by atoms with Crippen molar-refractivity contribution in [2.45, 2.75) is 6.92 Å². The molecule has 1 aromatic heterocycles. The number of methoxy groups -OCH3 is 1. The third kappa shape index (κ3) is 5.24. The molecule has 0 saturated carbocycles. The van der Waals surface area contributed by atoms with Gasteiger partial charge in [0.05, 0.1) is 12.8 Å². The fourth-order valence-electron chi connectivity index (χ4n) is 2.47. The summed E-state index contributed by atoms with van der Waals surface area (Å²) in [5.74, 6) is 0.494. The molecule has 2 N–H and O–H groups in total. The number of nitrogens with zero attached hydrogens (tertiary/aromatic N) is 2. The number of allylic oxidation sites excluding steroid dienone is 3. The van der Waals surface area contributed by atoms with Crippen LogP contribution >= 0.6 is 11.3 Å². The van der Waals surface area contributed by atoms with E-state index in [0.717, 1.165) is 22.6 Å². The maximum atomic E-state index is 12.0. The van der Waals surface area contributed by atoms with Gasteiger partial charge in [0.1, 0.15) is 21.4 Å². The van der Waals surface area contributed by atoms with Crippen LogP contribution in [-0.2, 0) is 9.53 Å². The van der Waals surface area contributed by atoms with Gasteiger partial charge in [-0.05, 0) is 36.8 Å². The van der Waals surface area contributed by atoms with E-state index in [4.69, 9.17) is 15.2 Å². The van der Waals surface area contributed by atoms with E-state index >= 15 is 0 Å². The molecule has 30 heavy (non-hydrogen) atoms. The molecule has 0 unspecified atom stereocenters. The van der Waals surface area contributed by atoms with Gasteiger partial charge in [0.15, 0.2) is 12.1 Å². The van der Waals surface area contributed by atoms with Crippen molar-refractivity contribution in [2.75, 3.05) is 19.1 Å². The Kier molecular flexibility index (Phi) is 7.71. The molecule has 0 radical (unpaired) electrons. The average molecular weight is 426 g/mol. The molecule has 156 valence electrons. The molecule has 0 bridgehead atoms. The first-order chi connectivity index (χ1) is 14.3. The molecule has 0 aliphatic carbocycles. The number of hydrogen-bond donors (Lipinski definition) is 1. The van der Waals surface area contributed by atoms with Crippen molar-refractivity contribution in [3.8, 4) is 5.75 Å². The molecule has 1 aromatic carbocycles. The minimum Gasteiger partial charge on any atom is -0.465 e. The Morgan fingerprint density at radius 1 is 1.30 bits per heavy atom. The number of hydrogen-bond acceptors (Lipinski definition) is 7. The number of aryl methyl sites for hydroxylation is 1. The number of anilines is 2. The molecule has 0 saturated heterocycles. The molecular weight excluding hydrogens is 402 g/mol. The number of amidine groups is 1. The molecule has 1 heterocycles. The first-order valence-corrected chi connectivity index (χ1v) is 9.65. The molecule has 7 nitrogen and oxygen atoms in total. The summed E-state index contributed by atoms with van der Waals surface area (Å²) in [5.41, 5.74) is 7.87. The minimum absolute atomic E-state index is 0.193. The highest BCUT2D eigenvalue weighted by Gasteiger charge is 2.19. The van der Waals surface area contributed by atoms with Gasteiger partial charge in [-0.2, -0.15) is 0 Å². The Bertz CT molecular complexity index is 1040. The summed E-state index contributed by atoms with van der Waals surface area (Å²) in [6.45, 7) is 9.33. The monoisotopic (exact) mass is 425 g/mol. The largest absolute Gasteiger partial charge is 0.465 e. The Hall–Kier alpha value is -3.65. The lowest BCUT2D eigenvalue weighted by Crippen LogP contribution is -2.13. The van der Waals surface area contributed by atoms with Crippen LogP contribution in [0.25, 0.3) is 0 Å². The molecule has 0 aliphatic heterocycles. The summed E-state index contributed by atoms with van der Waals surface area (Å²) in [6.07, 6.45) is 5.36.